The summed E-state index contributed by atoms with van der Waals surface area (Å²) in [5.41, 5.74) is 0.179. The zero-order chi connectivity index (χ0) is 16.9. The zero-order valence-electron chi connectivity index (χ0n) is 14.8. The molecule has 0 aromatic carbocycles. The molecule has 0 aliphatic carbocycles. The zero-order valence-corrected chi connectivity index (χ0v) is 15.7. The van der Waals surface area contributed by atoms with Crippen LogP contribution in [-0.4, -0.2) is 59.0 Å². The Kier molecular flexibility index (Phi) is 12.5. The summed E-state index contributed by atoms with van der Waals surface area (Å²) >= 11 is 0. The molecule has 0 spiro atoms. The molecule has 0 radical (unpaired) electrons. The molecule has 0 aromatic rings. The lowest BCUT2D eigenvalue weighted by atomic mass is 9.99. The van der Waals surface area contributed by atoms with Crippen molar-refractivity contribution in [2.75, 3.05) is 59.0 Å². The first-order valence-electron chi connectivity index (χ1n) is 7.94. The molecule has 0 unspecified atom stereocenters. The Bertz CT molecular complexity index is 293. The molecule has 0 bridgehead atoms. The van der Waals surface area contributed by atoms with Crippen LogP contribution in [0.3, 0.4) is 0 Å². The van der Waals surface area contributed by atoms with E-state index < -0.39 is 7.60 Å². The molecule has 0 saturated carbocycles. The molecule has 0 rings (SSSR count). The SMILES string of the molecule is CCOP(=O)(CCOCCOCCOCC(C)(C)C)OCC. The first-order valence-corrected chi connectivity index (χ1v) is 9.67. The first-order chi connectivity index (χ1) is 10.3. The first kappa shape index (κ1) is 22.0. The van der Waals surface area contributed by atoms with Gasteiger partial charge in [-0.15, -0.1) is 0 Å². The maximum Gasteiger partial charge on any atom is 0.332 e. The van der Waals surface area contributed by atoms with Crippen LogP contribution < -0.4 is 0 Å². The van der Waals surface area contributed by atoms with E-state index in [0.717, 1.165) is 6.61 Å². The summed E-state index contributed by atoms with van der Waals surface area (Å²) in [4.78, 5) is 0. The van der Waals surface area contributed by atoms with Crippen molar-refractivity contribution in [3.8, 4) is 0 Å². The third kappa shape index (κ3) is 13.7. The maximum absolute atomic E-state index is 12.1. The van der Waals surface area contributed by atoms with Crippen molar-refractivity contribution in [2.24, 2.45) is 5.41 Å². The third-order valence-corrected chi connectivity index (χ3v) is 4.47. The van der Waals surface area contributed by atoms with Gasteiger partial charge in [0.05, 0.1) is 59.0 Å². The monoisotopic (exact) mass is 340 g/mol. The van der Waals surface area contributed by atoms with Gasteiger partial charge in [0.25, 0.3) is 0 Å². The minimum Gasteiger partial charge on any atom is -0.379 e. The molecule has 7 heteroatoms. The Morgan fingerprint density at radius 3 is 1.68 bits per heavy atom. The van der Waals surface area contributed by atoms with Crippen LogP contribution in [0.5, 0.6) is 0 Å². The Labute approximate surface area is 135 Å². The second-order valence-electron chi connectivity index (χ2n) is 6.01. The van der Waals surface area contributed by atoms with Crippen molar-refractivity contribution in [1.29, 1.82) is 0 Å². The second kappa shape index (κ2) is 12.5. The van der Waals surface area contributed by atoms with Gasteiger partial charge in [0, 0.05) is 0 Å². The van der Waals surface area contributed by atoms with Crippen molar-refractivity contribution in [3.63, 3.8) is 0 Å². The molecule has 0 amide bonds. The highest BCUT2D eigenvalue weighted by Crippen LogP contribution is 2.47. The lowest BCUT2D eigenvalue weighted by Gasteiger charge is -2.18. The number of hydrogen-bond acceptors (Lipinski definition) is 6. The van der Waals surface area contributed by atoms with Crippen LogP contribution in [0.1, 0.15) is 34.6 Å². The Morgan fingerprint density at radius 2 is 1.23 bits per heavy atom. The van der Waals surface area contributed by atoms with Crippen LogP contribution in [-0.2, 0) is 27.8 Å². The molecular weight excluding hydrogens is 307 g/mol. The maximum atomic E-state index is 12.1. The lowest BCUT2D eigenvalue weighted by molar-refractivity contribution is 0.000651. The summed E-state index contributed by atoms with van der Waals surface area (Å²) in [6.07, 6.45) is 0.267. The van der Waals surface area contributed by atoms with E-state index in [9.17, 15) is 4.57 Å². The van der Waals surface area contributed by atoms with E-state index >= 15 is 0 Å². The summed E-state index contributed by atoms with van der Waals surface area (Å²) in [5, 5.41) is 0. The number of ether oxygens (including phenoxy) is 3. The largest absolute Gasteiger partial charge is 0.379 e. The van der Waals surface area contributed by atoms with Gasteiger partial charge < -0.3 is 23.3 Å². The van der Waals surface area contributed by atoms with E-state index in [1.807, 2.05) is 0 Å². The summed E-state index contributed by atoms with van der Waals surface area (Å²) in [6, 6.07) is 0. The van der Waals surface area contributed by atoms with Crippen molar-refractivity contribution in [1.82, 2.24) is 0 Å². The summed E-state index contributed by atoms with van der Waals surface area (Å²) in [5.74, 6) is 0. The topological polar surface area (TPSA) is 63.2 Å². The van der Waals surface area contributed by atoms with Crippen LogP contribution in [0.15, 0.2) is 0 Å². The highest BCUT2D eigenvalue weighted by molar-refractivity contribution is 7.53. The molecule has 134 valence electrons. The van der Waals surface area contributed by atoms with Crippen LogP contribution in [0, 0.1) is 5.41 Å². The Balaban J connectivity index is 3.48. The normalized spacial score (nSPS) is 12.8. The van der Waals surface area contributed by atoms with Gasteiger partial charge in [0.15, 0.2) is 0 Å². The molecule has 0 aliphatic rings. The molecule has 0 atom stereocenters. The lowest BCUT2D eigenvalue weighted by Crippen LogP contribution is -2.17. The summed E-state index contributed by atoms with van der Waals surface area (Å²) < 4.78 is 38.7. The molecular formula is C15H33O6P. The quantitative estimate of drug-likeness (QED) is 0.357. The fourth-order valence-corrected chi connectivity index (χ4v) is 3.03. The molecule has 0 aromatic heterocycles. The van der Waals surface area contributed by atoms with E-state index in [1.54, 1.807) is 13.8 Å². The van der Waals surface area contributed by atoms with E-state index in [0.29, 0.717) is 46.2 Å². The molecule has 22 heavy (non-hydrogen) atoms. The van der Waals surface area contributed by atoms with Gasteiger partial charge in [-0.1, -0.05) is 20.8 Å². The predicted molar refractivity (Wildman–Crippen MR) is 87.6 cm³/mol. The fourth-order valence-electron chi connectivity index (χ4n) is 1.55. The van der Waals surface area contributed by atoms with Gasteiger partial charge in [0.1, 0.15) is 0 Å². The summed E-state index contributed by atoms with van der Waals surface area (Å²) in [7, 11) is -2.99. The van der Waals surface area contributed by atoms with Crippen LogP contribution in [0.4, 0.5) is 0 Å². The van der Waals surface area contributed by atoms with Crippen LogP contribution >= 0.6 is 7.60 Å². The number of rotatable bonds is 14. The van der Waals surface area contributed by atoms with E-state index in [1.165, 1.54) is 0 Å². The van der Waals surface area contributed by atoms with Crippen LogP contribution in [0.25, 0.3) is 0 Å². The average molecular weight is 340 g/mol. The fraction of sp³-hybridized carbons (Fsp3) is 1.00. The van der Waals surface area contributed by atoms with Gasteiger partial charge >= 0.3 is 7.60 Å². The number of hydrogen-bond donors (Lipinski definition) is 0. The van der Waals surface area contributed by atoms with Crippen molar-refractivity contribution < 1.29 is 27.8 Å². The van der Waals surface area contributed by atoms with Crippen LogP contribution in [0.2, 0.25) is 0 Å². The molecule has 0 fully saturated rings. The van der Waals surface area contributed by atoms with E-state index in [2.05, 4.69) is 20.8 Å². The van der Waals surface area contributed by atoms with Crippen molar-refractivity contribution >= 4 is 7.60 Å². The molecule has 6 nitrogen and oxygen atoms in total. The molecule has 0 N–H and O–H groups in total. The van der Waals surface area contributed by atoms with Gasteiger partial charge in [-0.3, -0.25) is 4.57 Å². The highest BCUT2D eigenvalue weighted by atomic mass is 31.2. The smallest absolute Gasteiger partial charge is 0.332 e. The standard InChI is InChI=1S/C15H33O6P/c1-6-20-22(16,21-7-2)13-12-18-9-8-17-10-11-19-14-15(3,4)5/h6-14H2,1-5H3. The van der Waals surface area contributed by atoms with Crippen molar-refractivity contribution in [2.45, 2.75) is 34.6 Å². The second-order valence-corrected chi connectivity index (χ2v) is 8.19. The minimum atomic E-state index is -2.99. The average Bonchev–Trinajstić information content (AvgIpc) is 2.40. The Hall–Kier alpha value is 0.0300. The van der Waals surface area contributed by atoms with Crippen molar-refractivity contribution in [3.05, 3.63) is 0 Å². The molecule has 0 aliphatic heterocycles. The van der Waals surface area contributed by atoms with E-state index in [4.69, 9.17) is 23.3 Å². The van der Waals surface area contributed by atoms with E-state index in [-0.39, 0.29) is 11.6 Å². The summed E-state index contributed by atoms with van der Waals surface area (Å²) in [6.45, 7) is 13.9. The third-order valence-electron chi connectivity index (χ3n) is 2.44. The van der Waals surface area contributed by atoms with Gasteiger partial charge in [-0.05, 0) is 19.3 Å². The molecule has 0 saturated heterocycles. The predicted octanol–water partition coefficient (Wildman–Crippen LogP) is 3.35. The highest BCUT2D eigenvalue weighted by Gasteiger charge is 2.22. The molecule has 0 heterocycles. The Morgan fingerprint density at radius 1 is 0.773 bits per heavy atom. The minimum absolute atomic E-state index is 0.179. The van der Waals surface area contributed by atoms with Gasteiger partial charge in [0.2, 0.25) is 0 Å². The van der Waals surface area contributed by atoms with Gasteiger partial charge in [-0.25, -0.2) is 0 Å². The van der Waals surface area contributed by atoms with Gasteiger partial charge in [-0.2, -0.15) is 0 Å².